The standard InChI is InChI=1S/C23H29NO3/c1-14-5-19(23-10-15-6-16(11-23)8-17(7-15)12-23)3-4-20(14)24-13-18(9-21(24)25)22(26)27-2/h3-5,15-18H,6-13H2,1-2H3/t15?,16?,17?,18-,23?/m0/s1. The van der Waals surface area contributed by atoms with E-state index in [1.54, 1.807) is 4.90 Å². The Kier molecular flexibility index (Phi) is 3.89. The Morgan fingerprint density at radius 1 is 1.11 bits per heavy atom. The molecule has 0 N–H and O–H groups in total. The molecule has 0 unspecified atom stereocenters. The van der Waals surface area contributed by atoms with E-state index >= 15 is 0 Å². The third kappa shape index (κ3) is 2.71. The van der Waals surface area contributed by atoms with Gasteiger partial charge < -0.3 is 9.64 Å². The number of carbonyl (C=O) groups is 2. The van der Waals surface area contributed by atoms with Gasteiger partial charge in [0.25, 0.3) is 0 Å². The summed E-state index contributed by atoms with van der Waals surface area (Å²) in [5, 5.41) is 0. The molecule has 6 rings (SSSR count). The number of methoxy groups -OCH3 is 1. The maximum absolute atomic E-state index is 12.5. The summed E-state index contributed by atoms with van der Waals surface area (Å²) in [5.41, 5.74) is 3.97. The molecule has 1 atom stereocenters. The number of esters is 1. The number of nitrogens with zero attached hydrogens (tertiary/aromatic N) is 1. The van der Waals surface area contributed by atoms with Gasteiger partial charge in [0.1, 0.15) is 0 Å². The van der Waals surface area contributed by atoms with Crippen LogP contribution in [0.15, 0.2) is 18.2 Å². The average Bonchev–Trinajstić information content (AvgIpc) is 3.01. The molecule has 4 aliphatic carbocycles. The van der Waals surface area contributed by atoms with E-state index in [1.165, 1.54) is 51.2 Å². The first-order valence-electron chi connectivity index (χ1n) is 10.5. The van der Waals surface area contributed by atoms with E-state index in [4.69, 9.17) is 4.74 Å². The Morgan fingerprint density at radius 2 is 1.74 bits per heavy atom. The third-order valence-corrected chi connectivity index (χ3v) is 7.80. The number of amides is 1. The molecule has 27 heavy (non-hydrogen) atoms. The molecular formula is C23H29NO3. The normalized spacial score (nSPS) is 37.1. The Bertz CT molecular complexity index is 764. The van der Waals surface area contributed by atoms with Gasteiger partial charge in [-0.1, -0.05) is 12.1 Å². The topological polar surface area (TPSA) is 46.6 Å². The van der Waals surface area contributed by atoms with E-state index in [0.717, 1.165) is 29.0 Å². The minimum Gasteiger partial charge on any atom is -0.469 e. The Balaban J connectivity index is 1.42. The largest absolute Gasteiger partial charge is 0.469 e. The summed E-state index contributed by atoms with van der Waals surface area (Å²) in [7, 11) is 1.39. The number of ether oxygens (including phenoxy) is 1. The number of benzene rings is 1. The van der Waals surface area contributed by atoms with Crippen LogP contribution < -0.4 is 4.90 Å². The van der Waals surface area contributed by atoms with Crippen molar-refractivity contribution in [3.05, 3.63) is 29.3 Å². The molecule has 144 valence electrons. The summed E-state index contributed by atoms with van der Waals surface area (Å²) < 4.78 is 4.84. The van der Waals surface area contributed by atoms with E-state index in [9.17, 15) is 9.59 Å². The van der Waals surface area contributed by atoms with Crippen LogP contribution in [0.2, 0.25) is 0 Å². The van der Waals surface area contributed by atoms with Gasteiger partial charge in [-0.2, -0.15) is 0 Å². The summed E-state index contributed by atoms with van der Waals surface area (Å²) in [4.78, 5) is 26.1. The van der Waals surface area contributed by atoms with Gasteiger partial charge in [0.15, 0.2) is 0 Å². The van der Waals surface area contributed by atoms with Gasteiger partial charge in [-0.25, -0.2) is 0 Å². The van der Waals surface area contributed by atoms with Crippen molar-refractivity contribution in [2.45, 2.75) is 57.3 Å². The zero-order chi connectivity index (χ0) is 18.8. The summed E-state index contributed by atoms with van der Waals surface area (Å²) in [5.74, 6) is 2.18. The van der Waals surface area contributed by atoms with Crippen molar-refractivity contribution in [1.29, 1.82) is 0 Å². The summed E-state index contributed by atoms with van der Waals surface area (Å²) >= 11 is 0. The van der Waals surface area contributed by atoms with Gasteiger partial charge >= 0.3 is 5.97 Å². The first kappa shape index (κ1) is 17.3. The van der Waals surface area contributed by atoms with Crippen LogP contribution in [0.25, 0.3) is 0 Å². The number of anilines is 1. The van der Waals surface area contributed by atoms with Crippen molar-refractivity contribution in [1.82, 2.24) is 0 Å². The Hall–Kier alpha value is -1.84. The quantitative estimate of drug-likeness (QED) is 0.759. The lowest BCUT2D eigenvalue weighted by Crippen LogP contribution is -2.48. The maximum atomic E-state index is 12.5. The molecule has 4 nitrogen and oxygen atoms in total. The van der Waals surface area contributed by atoms with Crippen molar-refractivity contribution >= 4 is 17.6 Å². The minimum atomic E-state index is -0.343. The van der Waals surface area contributed by atoms with Crippen molar-refractivity contribution in [2.24, 2.45) is 23.7 Å². The van der Waals surface area contributed by atoms with Crippen LogP contribution in [0.3, 0.4) is 0 Å². The van der Waals surface area contributed by atoms with Gasteiger partial charge in [0.2, 0.25) is 5.91 Å². The summed E-state index contributed by atoms with van der Waals surface area (Å²) in [6, 6.07) is 6.73. The molecular weight excluding hydrogens is 338 g/mol. The lowest BCUT2D eigenvalue weighted by molar-refractivity contribution is -0.145. The Morgan fingerprint density at radius 3 is 2.30 bits per heavy atom. The van der Waals surface area contributed by atoms with Crippen LogP contribution in [0.5, 0.6) is 0 Å². The molecule has 4 heteroatoms. The first-order chi connectivity index (χ1) is 13.0. The molecule has 1 aromatic carbocycles. The van der Waals surface area contributed by atoms with Crippen LogP contribution >= 0.6 is 0 Å². The molecule has 4 bridgehead atoms. The highest BCUT2D eigenvalue weighted by molar-refractivity contribution is 6.00. The van der Waals surface area contributed by atoms with Gasteiger partial charge in [-0.3, -0.25) is 9.59 Å². The van der Waals surface area contributed by atoms with Crippen molar-refractivity contribution in [3.63, 3.8) is 0 Å². The van der Waals surface area contributed by atoms with E-state index < -0.39 is 0 Å². The van der Waals surface area contributed by atoms with Gasteiger partial charge in [-0.05, 0) is 85.8 Å². The van der Waals surface area contributed by atoms with E-state index in [1.807, 2.05) is 0 Å². The van der Waals surface area contributed by atoms with Crippen LogP contribution in [0.1, 0.15) is 56.1 Å². The highest BCUT2D eigenvalue weighted by Crippen LogP contribution is 2.60. The number of carbonyl (C=O) groups excluding carboxylic acids is 2. The molecule has 5 aliphatic rings. The molecule has 1 amide bonds. The predicted octanol–water partition coefficient (Wildman–Crippen LogP) is 3.99. The summed E-state index contributed by atoms with van der Waals surface area (Å²) in [6.07, 6.45) is 8.66. The lowest BCUT2D eigenvalue weighted by atomic mass is 9.48. The van der Waals surface area contributed by atoms with E-state index in [0.29, 0.717) is 12.0 Å². The minimum absolute atomic E-state index is 0.0241. The Labute approximate surface area is 161 Å². The maximum Gasteiger partial charge on any atom is 0.311 e. The fourth-order valence-corrected chi connectivity index (χ4v) is 7.02. The van der Waals surface area contributed by atoms with Gasteiger partial charge in [0, 0.05) is 18.7 Å². The third-order valence-electron chi connectivity index (χ3n) is 7.80. The smallest absolute Gasteiger partial charge is 0.311 e. The number of hydrogen-bond acceptors (Lipinski definition) is 3. The fraction of sp³-hybridized carbons (Fsp3) is 0.652. The predicted molar refractivity (Wildman–Crippen MR) is 104 cm³/mol. The monoisotopic (exact) mass is 367 g/mol. The van der Waals surface area contributed by atoms with Crippen molar-refractivity contribution in [3.8, 4) is 0 Å². The number of hydrogen-bond donors (Lipinski definition) is 0. The molecule has 1 aliphatic heterocycles. The number of aryl methyl sites for hydroxylation is 1. The highest BCUT2D eigenvalue weighted by atomic mass is 16.5. The van der Waals surface area contributed by atoms with Crippen LogP contribution in [0, 0.1) is 30.6 Å². The van der Waals surface area contributed by atoms with Crippen LogP contribution in [0.4, 0.5) is 5.69 Å². The zero-order valence-corrected chi connectivity index (χ0v) is 16.4. The van der Waals surface area contributed by atoms with E-state index in [2.05, 4.69) is 25.1 Å². The van der Waals surface area contributed by atoms with Crippen LogP contribution in [-0.4, -0.2) is 25.5 Å². The molecule has 4 saturated carbocycles. The van der Waals surface area contributed by atoms with Crippen LogP contribution in [-0.2, 0) is 19.7 Å². The second-order valence-corrected chi connectivity index (χ2v) is 9.63. The zero-order valence-electron chi connectivity index (χ0n) is 16.4. The average molecular weight is 367 g/mol. The molecule has 0 aromatic heterocycles. The molecule has 0 spiro atoms. The second kappa shape index (κ2) is 6.08. The highest BCUT2D eigenvalue weighted by Gasteiger charge is 2.51. The van der Waals surface area contributed by atoms with Crippen molar-refractivity contribution < 1.29 is 14.3 Å². The first-order valence-corrected chi connectivity index (χ1v) is 10.5. The molecule has 5 fully saturated rings. The fourth-order valence-electron chi connectivity index (χ4n) is 7.02. The van der Waals surface area contributed by atoms with E-state index in [-0.39, 0.29) is 24.2 Å². The lowest BCUT2D eigenvalue weighted by Gasteiger charge is -2.57. The SMILES string of the molecule is COC(=O)[C@H]1CC(=O)N(c2ccc(C34CC5CC(CC(C5)C3)C4)cc2C)C1. The number of rotatable bonds is 3. The van der Waals surface area contributed by atoms with Gasteiger partial charge in [0.05, 0.1) is 13.0 Å². The van der Waals surface area contributed by atoms with Crippen molar-refractivity contribution in [2.75, 3.05) is 18.6 Å². The van der Waals surface area contributed by atoms with Gasteiger partial charge in [-0.15, -0.1) is 0 Å². The molecule has 1 saturated heterocycles. The second-order valence-electron chi connectivity index (χ2n) is 9.63. The molecule has 1 heterocycles. The summed E-state index contributed by atoms with van der Waals surface area (Å²) in [6.45, 7) is 2.54. The molecule has 1 aromatic rings. The molecule has 0 radical (unpaired) electrons.